The van der Waals surface area contributed by atoms with Crippen LogP contribution in [0.2, 0.25) is 0 Å². The van der Waals surface area contributed by atoms with Gasteiger partial charge >= 0.3 is 0 Å². The quantitative estimate of drug-likeness (QED) is 0.742. The normalized spacial score (nSPS) is 11.2. The van der Waals surface area contributed by atoms with Crippen molar-refractivity contribution >= 4 is 42.8 Å². The number of hydrogen-bond donors (Lipinski definition) is 0. The first kappa shape index (κ1) is 10.9. The van der Waals surface area contributed by atoms with Crippen LogP contribution < -0.4 is 5.43 Å². The van der Waals surface area contributed by atoms with Gasteiger partial charge in [0.25, 0.3) is 0 Å². The molecule has 1 aromatic carbocycles. The fourth-order valence-corrected chi connectivity index (χ4v) is 2.33. The van der Waals surface area contributed by atoms with E-state index in [0.29, 0.717) is 22.3 Å². The van der Waals surface area contributed by atoms with E-state index in [-0.39, 0.29) is 9.17 Å². The summed E-state index contributed by atoms with van der Waals surface area (Å²) in [5.41, 5.74) is 1.27. The molecular weight excluding hydrogens is 324 g/mol. The second kappa shape index (κ2) is 4.10. The third-order valence-corrected chi connectivity index (χ3v) is 3.09. The average molecular weight is 332 g/mol. The molecule has 2 aromatic rings. The van der Waals surface area contributed by atoms with Gasteiger partial charge in [-0.25, -0.2) is 0 Å². The standard InChI is InChI=1S/C11H8Br2O2/c1-6-9(14)7-4-2-3-5-8(7)15-10(6)11(12)13/h2-5,11H,1H3. The molecule has 2 rings (SSSR count). The molecule has 0 atom stereocenters. The topological polar surface area (TPSA) is 30.2 Å². The van der Waals surface area contributed by atoms with Crippen molar-refractivity contribution < 1.29 is 4.42 Å². The lowest BCUT2D eigenvalue weighted by molar-refractivity contribution is 0.554. The van der Waals surface area contributed by atoms with Crippen molar-refractivity contribution in [1.29, 1.82) is 0 Å². The number of alkyl halides is 2. The Bertz CT molecular complexity index is 558. The van der Waals surface area contributed by atoms with Crippen LogP contribution in [0.3, 0.4) is 0 Å². The molecule has 2 nitrogen and oxygen atoms in total. The monoisotopic (exact) mass is 330 g/mol. The van der Waals surface area contributed by atoms with Gasteiger partial charge in [-0.3, -0.25) is 4.79 Å². The molecule has 0 aliphatic heterocycles. The van der Waals surface area contributed by atoms with Crippen molar-refractivity contribution in [2.24, 2.45) is 0 Å². The molecule has 4 heteroatoms. The summed E-state index contributed by atoms with van der Waals surface area (Å²) >= 11 is 6.67. The maximum Gasteiger partial charge on any atom is 0.195 e. The minimum Gasteiger partial charge on any atom is -0.458 e. The maximum absolute atomic E-state index is 12.0. The third kappa shape index (κ3) is 1.88. The fraction of sp³-hybridized carbons (Fsp3) is 0.182. The molecule has 0 bridgehead atoms. The summed E-state index contributed by atoms with van der Waals surface area (Å²) in [5, 5.41) is 0.624. The Morgan fingerprint density at radius 2 is 1.93 bits per heavy atom. The highest BCUT2D eigenvalue weighted by atomic mass is 79.9. The van der Waals surface area contributed by atoms with Gasteiger partial charge in [-0.1, -0.05) is 44.0 Å². The minimum atomic E-state index is -0.137. The lowest BCUT2D eigenvalue weighted by Crippen LogP contribution is -2.08. The van der Waals surface area contributed by atoms with E-state index in [4.69, 9.17) is 4.42 Å². The average Bonchev–Trinajstić information content (AvgIpc) is 2.23. The SMILES string of the molecule is Cc1c(C(Br)Br)oc2ccccc2c1=O. The Morgan fingerprint density at radius 3 is 2.60 bits per heavy atom. The molecule has 0 saturated heterocycles. The van der Waals surface area contributed by atoms with E-state index in [1.807, 2.05) is 12.1 Å². The van der Waals surface area contributed by atoms with Crippen molar-refractivity contribution in [3.63, 3.8) is 0 Å². The molecule has 0 saturated carbocycles. The van der Waals surface area contributed by atoms with Gasteiger partial charge in [0.05, 0.1) is 5.39 Å². The van der Waals surface area contributed by atoms with E-state index in [9.17, 15) is 4.79 Å². The molecule has 0 N–H and O–H groups in total. The molecule has 0 unspecified atom stereocenters. The molecule has 0 spiro atoms. The van der Waals surface area contributed by atoms with Crippen molar-refractivity contribution in [1.82, 2.24) is 0 Å². The molecule has 78 valence electrons. The summed E-state index contributed by atoms with van der Waals surface area (Å²) in [7, 11) is 0. The van der Waals surface area contributed by atoms with Crippen LogP contribution in [0.4, 0.5) is 0 Å². The van der Waals surface area contributed by atoms with Gasteiger partial charge in [-0.15, -0.1) is 0 Å². The van der Waals surface area contributed by atoms with E-state index in [2.05, 4.69) is 31.9 Å². The molecule has 1 aromatic heterocycles. The Labute approximate surface area is 104 Å². The molecule has 1 heterocycles. The van der Waals surface area contributed by atoms with Crippen molar-refractivity contribution in [2.75, 3.05) is 0 Å². The van der Waals surface area contributed by atoms with Gasteiger partial charge in [0.1, 0.15) is 15.1 Å². The van der Waals surface area contributed by atoms with E-state index in [0.717, 1.165) is 0 Å². The second-order valence-corrected chi connectivity index (χ2v) is 6.28. The van der Waals surface area contributed by atoms with Crippen LogP contribution in [0.15, 0.2) is 33.5 Å². The van der Waals surface area contributed by atoms with Crippen LogP contribution >= 0.6 is 31.9 Å². The highest BCUT2D eigenvalue weighted by Gasteiger charge is 2.14. The van der Waals surface area contributed by atoms with Crippen LogP contribution in [-0.2, 0) is 0 Å². The summed E-state index contributed by atoms with van der Waals surface area (Å²) in [5.74, 6) is 0.624. The van der Waals surface area contributed by atoms with Crippen molar-refractivity contribution in [3.8, 4) is 0 Å². The van der Waals surface area contributed by atoms with Crippen LogP contribution in [-0.4, -0.2) is 0 Å². The van der Waals surface area contributed by atoms with E-state index < -0.39 is 0 Å². The predicted octanol–water partition coefficient (Wildman–Crippen LogP) is 3.89. The third-order valence-electron chi connectivity index (χ3n) is 2.26. The summed E-state index contributed by atoms with van der Waals surface area (Å²) in [4.78, 5) is 12.0. The number of benzene rings is 1. The Kier molecular flexibility index (Phi) is 2.98. The zero-order chi connectivity index (χ0) is 11.0. The van der Waals surface area contributed by atoms with Gasteiger partial charge in [0, 0.05) is 5.56 Å². The zero-order valence-electron chi connectivity index (χ0n) is 7.96. The largest absolute Gasteiger partial charge is 0.458 e. The number of hydrogen-bond acceptors (Lipinski definition) is 2. The van der Waals surface area contributed by atoms with Gasteiger partial charge in [0.15, 0.2) is 5.43 Å². The first-order valence-electron chi connectivity index (χ1n) is 4.41. The smallest absolute Gasteiger partial charge is 0.195 e. The molecule has 0 aliphatic rings. The van der Waals surface area contributed by atoms with Gasteiger partial charge in [-0.2, -0.15) is 0 Å². The number of halogens is 2. The van der Waals surface area contributed by atoms with Crippen LogP contribution in [0.25, 0.3) is 11.0 Å². The van der Waals surface area contributed by atoms with Crippen LogP contribution in [0.1, 0.15) is 15.1 Å². The summed E-state index contributed by atoms with van der Waals surface area (Å²) < 4.78 is 5.50. The first-order chi connectivity index (χ1) is 7.11. The van der Waals surface area contributed by atoms with Gasteiger partial charge < -0.3 is 4.42 Å². The highest BCUT2D eigenvalue weighted by Crippen LogP contribution is 2.32. The van der Waals surface area contributed by atoms with Crippen molar-refractivity contribution in [3.05, 3.63) is 45.8 Å². The zero-order valence-corrected chi connectivity index (χ0v) is 11.1. The van der Waals surface area contributed by atoms with Crippen molar-refractivity contribution in [2.45, 2.75) is 10.7 Å². The minimum absolute atomic E-state index is 0.0238. The summed E-state index contributed by atoms with van der Waals surface area (Å²) in [6.45, 7) is 1.77. The molecule has 15 heavy (non-hydrogen) atoms. The van der Waals surface area contributed by atoms with Gasteiger partial charge in [-0.05, 0) is 19.1 Å². The maximum atomic E-state index is 12.0. The second-order valence-electron chi connectivity index (χ2n) is 3.22. The lowest BCUT2D eigenvalue weighted by atomic mass is 10.1. The Morgan fingerprint density at radius 1 is 1.27 bits per heavy atom. The summed E-state index contributed by atoms with van der Waals surface area (Å²) in [6.07, 6.45) is 0. The number of fused-ring (bicyclic) bond motifs is 1. The van der Waals surface area contributed by atoms with E-state index >= 15 is 0 Å². The molecule has 0 radical (unpaired) electrons. The number of rotatable bonds is 1. The Balaban J connectivity index is 2.89. The predicted molar refractivity (Wildman–Crippen MR) is 67.8 cm³/mol. The van der Waals surface area contributed by atoms with Gasteiger partial charge in [0.2, 0.25) is 0 Å². The number of para-hydroxylation sites is 1. The molecular formula is C11H8Br2O2. The highest BCUT2D eigenvalue weighted by molar-refractivity contribution is 9.24. The lowest BCUT2D eigenvalue weighted by Gasteiger charge is -2.06. The van der Waals surface area contributed by atoms with Crippen LogP contribution in [0, 0.1) is 6.92 Å². The molecule has 0 aliphatic carbocycles. The first-order valence-corrected chi connectivity index (χ1v) is 6.25. The van der Waals surface area contributed by atoms with E-state index in [1.54, 1.807) is 19.1 Å². The summed E-state index contributed by atoms with van der Waals surface area (Å²) in [6, 6.07) is 7.25. The van der Waals surface area contributed by atoms with Crippen LogP contribution in [0.5, 0.6) is 0 Å². The Hall–Kier alpha value is -0.610. The van der Waals surface area contributed by atoms with E-state index in [1.165, 1.54) is 0 Å². The molecule has 0 amide bonds. The molecule has 0 fully saturated rings. The fourth-order valence-electron chi connectivity index (χ4n) is 1.46.